The zero-order valence-corrected chi connectivity index (χ0v) is 18.9. The van der Waals surface area contributed by atoms with Gasteiger partial charge in [0.15, 0.2) is 0 Å². The summed E-state index contributed by atoms with van der Waals surface area (Å²) in [5.41, 5.74) is 9.52. The van der Waals surface area contributed by atoms with Crippen molar-refractivity contribution in [3.05, 3.63) is 82.4 Å². The van der Waals surface area contributed by atoms with Crippen LogP contribution in [0, 0.1) is 6.92 Å². The van der Waals surface area contributed by atoms with Gasteiger partial charge in [-0.2, -0.15) is 18.3 Å². The van der Waals surface area contributed by atoms with Gasteiger partial charge in [-0.05, 0) is 73.7 Å². The van der Waals surface area contributed by atoms with E-state index >= 15 is 0 Å². The summed E-state index contributed by atoms with van der Waals surface area (Å²) in [6.07, 6.45) is 0.125. The van der Waals surface area contributed by atoms with E-state index in [1.807, 2.05) is 13.0 Å². The van der Waals surface area contributed by atoms with Crippen molar-refractivity contribution in [2.75, 3.05) is 5.73 Å². The van der Waals surface area contributed by atoms with E-state index in [2.05, 4.69) is 20.2 Å². The van der Waals surface area contributed by atoms with Crippen molar-refractivity contribution in [3.63, 3.8) is 0 Å². The molecule has 7 nitrogen and oxygen atoms in total. The predicted octanol–water partition coefficient (Wildman–Crippen LogP) is 4.46. The molecule has 3 aromatic heterocycles. The highest BCUT2D eigenvalue weighted by atomic mass is 19.4. The lowest BCUT2D eigenvalue weighted by atomic mass is 9.91. The topological polar surface area (TPSA) is 101 Å². The number of nitrogen functional groups attached to an aromatic ring is 1. The quantitative estimate of drug-likeness (QED) is 0.449. The minimum Gasteiger partial charge on any atom is -0.383 e. The molecule has 0 unspecified atom stereocenters. The maximum absolute atomic E-state index is 13.8. The second-order valence-corrected chi connectivity index (χ2v) is 8.84. The van der Waals surface area contributed by atoms with Gasteiger partial charge in [-0.15, -0.1) is 0 Å². The van der Waals surface area contributed by atoms with E-state index in [1.165, 1.54) is 6.07 Å². The monoisotopic (exact) mass is 480 g/mol. The van der Waals surface area contributed by atoms with Crippen molar-refractivity contribution < 1.29 is 18.0 Å². The summed E-state index contributed by atoms with van der Waals surface area (Å²) in [6, 6.07) is 9.28. The Balaban J connectivity index is 1.48. The largest absolute Gasteiger partial charge is 0.417 e. The molecule has 0 saturated carbocycles. The molecule has 0 aliphatic heterocycles. The number of amides is 1. The van der Waals surface area contributed by atoms with Crippen molar-refractivity contribution >= 4 is 22.6 Å². The van der Waals surface area contributed by atoms with Crippen LogP contribution in [0.1, 0.15) is 44.9 Å². The number of pyridine rings is 2. The normalized spacial score (nSPS) is 15.7. The van der Waals surface area contributed by atoms with Crippen LogP contribution in [0.3, 0.4) is 0 Å². The van der Waals surface area contributed by atoms with Gasteiger partial charge in [-0.3, -0.25) is 14.9 Å². The van der Waals surface area contributed by atoms with Crippen LogP contribution in [-0.2, 0) is 25.6 Å². The molecule has 1 aliphatic carbocycles. The Labute approximate surface area is 199 Å². The summed E-state index contributed by atoms with van der Waals surface area (Å²) >= 11 is 0. The summed E-state index contributed by atoms with van der Waals surface area (Å²) in [5, 5.41) is 7.88. The summed E-state index contributed by atoms with van der Waals surface area (Å²) in [7, 11) is 0. The van der Waals surface area contributed by atoms with Gasteiger partial charge in [-0.1, -0.05) is 0 Å². The average Bonchev–Trinajstić information content (AvgIpc) is 3.30. The molecule has 0 radical (unpaired) electrons. The lowest BCUT2D eigenvalue weighted by Gasteiger charge is -2.34. The van der Waals surface area contributed by atoms with Gasteiger partial charge >= 0.3 is 6.18 Å². The van der Waals surface area contributed by atoms with Gasteiger partial charge in [0.25, 0.3) is 5.91 Å². The highest BCUT2D eigenvalue weighted by Gasteiger charge is 2.32. The summed E-state index contributed by atoms with van der Waals surface area (Å²) < 4.78 is 39.0. The zero-order chi connectivity index (χ0) is 24.7. The van der Waals surface area contributed by atoms with Crippen molar-refractivity contribution in [1.29, 1.82) is 0 Å². The van der Waals surface area contributed by atoms with E-state index < -0.39 is 11.7 Å². The molecule has 0 saturated heterocycles. The number of nitrogens with two attached hydrogens (primary N) is 1. The van der Waals surface area contributed by atoms with Gasteiger partial charge in [0.2, 0.25) is 0 Å². The lowest BCUT2D eigenvalue weighted by molar-refractivity contribution is -0.137. The van der Waals surface area contributed by atoms with E-state index in [0.717, 1.165) is 40.9 Å². The number of H-pyrrole nitrogens is 1. The first-order valence-electron chi connectivity index (χ1n) is 11.2. The fourth-order valence-corrected chi connectivity index (χ4v) is 4.49. The Bertz CT molecular complexity index is 1400. The third-order valence-corrected chi connectivity index (χ3v) is 6.47. The van der Waals surface area contributed by atoms with Gasteiger partial charge in [0, 0.05) is 28.9 Å². The molecule has 35 heavy (non-hydrogen) atoms. The van der Waals surface area contributed by atoms with Gasteiger partial charge in [0.1, 0.15) is 5.82 Å². The zero-order valence-electron chi connectivity index (χ0n) is 18.9. The number of aromatic amines is 1. The first-order valence-corrected chi connectivity index (χ1v) is 11.2. The van der Waals surface area contributed by atoms with Crippen LogP contribution in [0.15, 0.2) is 48.8 Å². The Hall–Kier alpha value is -3.95. The molecule has 1 atom stereocenters. The molecule has 3 N–H and O–H groups in total. The smallest absolute Gasteiger partial charge is 0.383 e. The van der Waals surface area contributed by atoms with E-state index in [1.54, 1.807) is 29.3 Å². The number of benzene rings is 1. The lowest BCUT2D eigenvalue weighted by Crippen LogP contribution is -2.43. The Kier molecular flexibility index (Phi) is 5.66. The molecule has 1 aromatic carbocycles. The highest BCUT2D eigenvalue weighted by molar-refractivity contribution is 5.98. The van der Waals surface area contributed by atoms with Crippen LogP contribution < -0.4 is 5.73 Å². The fraction of sp³-hybridized carbons (Fsp3) is 0.280. The molecular weight excluding hydrogens is 457 g/mol. The van der Waals surface area contributed by atoms with Gasteiger partial charge in [-0.25, -0.2) is 4.98 Å². The first kappa shape index (κ1) is 22.8. The molecule has 0 bridgehead atoms. The third-order valence-electron chi connectivity index (χ3n) is 6.47. The van der Waals surface area contributed by atoms with E-state index in [0.29, 0.717) is 35.4 Å². The number of hydrogen-bond acceptors (Lipinski definition) is 5. The maximum Gasteiger partial charge on any atom is 0.417 e. The Morgan fingerprint density at radius 2 is 2.03 bits per heavy atom. The molecule has 180 valence electrons. The van der Waals surface area contributed by atoms with Crippen molar-refractivity contribution in [2.45, 2.75) is 44.9 Å². The number of halogens is 3. The number of aryl methyl sites for hydroxylation is 2. The molecule has 1 aliphatic rings. The van der Waals surface area contributed by atoms with Crippen molar-refractivity contribution in [1.82, 2.24) is 25.1 Å². The molecule has 1 amide bonds. The number of rotatable bonds is 4. The van der Waals surface area contributed by atoms with Crippen LogP contribution in [-0.4, -0.2) is 37.0 Å². The molecule has 10 heteroatoms. The number of nitrogens with zero attached hydrogens (tertiary/aromatic N) is 4. The van der Waals surface area contributed by atoms with Crippen molar-refractivity contribution in [2.24, 2.45) is 0 Å². The number of anilines is 1. The van der Waals surface area contributed by atoms with E-state index in [9.17, 15) is 18.0 Å². The minimum atomic E-state index is -4.47. The molecule has 0 spiro atoms. The molecular formula is C25H23F3N6O. The number of hydrogen-bond donors (Lipinski definition) is 2. The van der Waals surface area contributed by atoms with Crippen LogP contribution in [0.5, 0.6) is 0 Å². The second kappa shape index (κ2) is 8.68. The molecule has 5 rings (SSSR count). The highest BCUT2D eigenvalue weighted by Crippen LogP contribution is 2.30. The van der Waals surface area contributed by atoms with Crippen LogP contribution in [0.2, 0.25) is 0 Å². The standard InChI is InChI=1S/C25H23F3N6O/c1-14-8-16-9-15(2-6-21(16)32-23(14)29)24(35)34(20-5-7-22-17(10-20)11-31-33-22)13-19-4-3-18(12-30-19)25(26,27)28/h2-4,6,8-9,11-12,20H,5,7,10,13H2,1H3,(H2,29,32)(H,31,33)/t20-/m0/s1. The Morgan fingerprint density at radius 1 is 1.20 bits per heavy atom. The van der Waals surface area contributed by atoms with Crippen LogP contribution >= 0.6 is 0 Å². The number of fused-ring (bicyclic) bond motifs is 2. The molecule has 3 heterocycles. The summed E-state index contributed by atoms with van der Waals surface area (Å²) in [6.45, 7) is 1.94. The first-order chi connectivity index (χ1) is 16.7. The summed E-state index contributed by atoms with van der Waals surface area (Å²) in [4.78, 5) is 23.8. The number of carbonyl (C=O) groups is 1. The van der Waals surface area contributed by atoms with Gasteiger partial charge < -0.3 is 10.6 Å². The second-order valence-electron chi connectivity index (χ2n) is 8.84. The number of alkyl halides is 3. The van der Waals surface area contributed by atoms with E-state index in [4.69, 9.17) is 5.73 Å². The van der Waals surface area contributed by atoms with Gasteiger partial charge in [0.05, 0.1) is 29.5 Å². The van der Waals surface area contributed by atoms with Crippen LogP contribution in [0.4, 0.5) is 19.0 Å². The number of nitrogens with one attached hydrogen (secondary N) is 1. The number of carbonyl (C=O) groups excluding carboxylic acids is 1. The molecule has 0 fully saturated rings. The third kappa shape index (κ3) is 4.55. The van der Waals surface area contributed by atoms with E-state index in [-0.39, 0.29) is 18.5 Å². The van der Waals surface area contributed by atoms with Crippen LogP contribution in [0.25, 0.3) is 10.9 Å². The Morgan fingerprint density at radius 3 is 2.77 bits per heavy atom. The number of aromatic nitrogens is 4. The SMILES string of the molecule is Cc1cc2cc(C(=O)N(Cc3ccc(C(F)(F)F)cn3)[C@H]3CCc4[nH]ncc4C3)ccc2nc1N. The minimum absolute atomic E-state index is 0.0892. The molecule has 4 aromatic rings. The van der Waals surface area contributed by atoms with Crippen molar-refractivity contribution in [3.8, 4) is 0 Å². The average molecular weight is 480 g/mol. The predicted molar refractivity (Wildman–Crippen MR) is 124 cm³/mol. The summed E-state index contributed by atoms with van der Waals surface area (Å²) in [5.74, 6) is 0.213. The maximum atomic E-state index is 13.8. The fourth-order valence-electron chi connectivity index (χ4n) is 4.49.